The molecular weight excluding hydrogens is 588 g/mol. The van der Waals surface area contributed by atoms with Crippen molar-refractivity contribution in [1.82, 2.24) is 19.9 Å². The third-order valence-electron chi connectivity index (χ3n) is 8.73. The fourth-order valence-electron chi connectivity index (χ4n) is 6.43. The Balaban J connectivity index is 1.50. The predicted octanol–water partition coefficient (Wildman–Crippen LogP) is 9.74. The molecule has 0 saturated heterocycles. The molecule has 0 unspecified atom stereocenters. The van der Waals surface area contributed by atoms with E-state index in [1.165, 1.54) is 12.1 Å². The van der Waals surface area contributed by atoms with E-state index in [-0.39, 0.29) is 11.1 Å². The van der Waals surface area contributed by atoms with Crippen molar-refractivity contribution < 1.29 is 17.6 Å². The Morgan fingerprint density at radius 1 is 0.435 bits per heavy atom. The van der Waals surface area contributed by atoms with Gasteiger partial charge in [0, 0.05) is 0 Å². The first-order chi connectivity index (χ1) is 22.4. The van der Waals surface area contributed by atoms with Gasteiger partial charge in [-0.3, -0.25) is 9.97 Å². The van der Waals surface area contributed by atoms with Gasteiger partial charge in [-0.15, -0.1) is 0 Å². The molecule has 46 heavy (non-hydrogen) atoms. The number of aromatic nitrogens is 4. The third kappa shape index (κ3) is 5.67. The van der Waals surface area contributed by atoms with Crippen molar-refractivity contribution in [3.8, 4) is 44.8 Å². The molecule has 0 amide bonds. The fraction of sp³-hybridized carbons (Fsp3) is 0.158. The van der Waals surface area contributed by atoms with Gasteiger partial charge in [0.2, 0.25) is 23.8 Å². The standard InChI is InChI=1S/C38H28F4N4/c39-34-16-14-28(36(41)45-34)30-20-26(24-10-4-1-5-11-24)22-32(43-30)38(18-8-3-9-19-38)33-23-27(25-12-6-2-7-13-25)21-31(44-33)29-15-17-35(40)46-37(29)42/h1-2,4-7,10-17,20-23H,3,8-9,18-19H2. The molecule has 0 radical (unpaired) electrons. The summed E-state index contributed by atoms with van der Waals surface area (Å²) in [5, 5.41) is 0. The van der Waals surface area contributed by atoms with E-state index >= 15 is 8.78 Å². The lowest BCUT2D eigenvalue weighted by atomic mass is 9.68. The molecule has 1 saturated carbocycles. The zero-order valence-electron chi connectivity index (χ0n) is 24.7. The van der Waals surface area contributed by atoms with Crippen LogP contribution in [0.5, 0.6) is 0 Å². The second-order valence-corrected chi connectivity index (χ2v) is 11.6. The van der Waals surface area contributed by atoms with Gasteiger partial charge in [0.05, 0.1) is 39.3 Å². The lowest BCUT2D eigenvalue weighted by Crippen LogP contribution is -2.33. The Labute approximate surface area is 263 Å². The Morgan fingerprint density at radius 3 is 1.28 bits per heavy atom. The number of rotatable bonds is 6. The van der Waals surface area contributed by atoms with E-state index in [0.717, 1.165) is 53.6 Å². The summed E-state index contributed by atoms with van der Waals surface area (Å²) in [7, 11) is 0. The van der Waals surface area contributed by atoms with E-state index in [9.17, 15) is 8.78 Å². The van der Waals surface area contributed by atoms with Crippen molar-refractivity contribution in [3.05, 3.63) is 144 Å². The normalized spacial score (nSPS) is 14.3. The smallest absolute Gasteiger partial charge is 0.224 e. The quantitative estimate of drug-likeness (QED) is 0.138. The number of benzene rings is 2. The van der Waals surface area contributed by atoms with E-state index < -0.39 is 29.2 Å². The molecule has 4 nitrogen and oxygen atoms in total. The van der Waals surface area contributed by atoms with Crippen LogP contribution in [0.15, 0.2) is 109 Å². The highest BCUT2D eigenvalue weighted by molar-refractivity contribution is 5.74. The second-order valence-electron chi connectivity index (χ2n) is 11.6. The largest absolute Gasteiger partial charge is 0.252 e. The number of hydrogen-bond acceptors (Lipinski definition) is 4. The maximum absolute atomic E-state index is 15.1. The summed E-state index contributed by atoms with van der Waals surface area (Å²) in [6.07, 6.45) is 4.18. The summed E-state index contributed by atoms with van der Waals surface area (Å²) in [6, 6.07) is 31.9. The van der Waals surface area contributed by atoms with Crippen LogP contribution in [0.3, 0.4) is 0 Å². The number of halogens is 4. The van der Waals surface area contributed by atoms with Crippen molar-refractivity contribution in [2.45, 2.75) is 37.5 Å². The molecule has 0 spiro atoms. The molecule has 8 heteroatoms. The summed E-state index contributed by atoms with van der Waals surface area (Å²) < 4.78 is 57.9. The molecule has 4 aromatic heterocycles. The third-order valence-corrected chi connectivity index (χ3v) is 8.73. The van der Waals surface area contributed by atoms with Crippen molar-refractivity contribution in [2.75, 3.05) is 0 Å². The maximum atomic E-state index is 15.1. The van der Waals surface area contributed by atoms with Crippen molar-refractivity contribution >= 4 is 0 Å². The summed E-state index contributed by atoms with van der Waals surface area (Å²) in [6.45, 7) is 0. The lowest BCUT2D eigenvalue weighted by molar-refractivity contribution is 0.332. The van der Waals surface area contributed by atoms with Crippen LogP contribution < -0.4 is 0 Å². The molecule has 7 rings (SSSR count). The molecule has 0 N–H and O–H groups in total. The minimum absolute atomic E-state index is 0.0810. The van der Waals surface area contributed by atoms with Gasteiger partial charge >= 0.3 is 0 Å². The molecule has 1 aliphatic rings. The van der Waals surface area contributed by atoms with Gasteiger partial charge in [0.1, 0.15) is 0 Å². The van der Waals surface area contributed by atoms with Crippen LogP contribution in [-0.4, -0.2) is 19.9 Å². The molecule has 2 aromatic carbocycles. The van der Waals surface area contributed by atoms with Crippen LogP contribution in [-0.2, 0) is 5.41 Å². The first-order valence-corrected chi connectivity index (χ1v) is 15.2. The Hall–Kier alpha value is -5.24. The monoisotopic (exact) mass is 616 g/mol. The fourth-order valence-corrected chi connectivity index (χ4v) is 6.43. The SMILES string of the molecule is Fc1ccc(-c2cc(-c3ccccc3)cc(C3(c4cc(-c5ccccc5)cc(-c5ccc(F)nc5F)n4)CCCCC3)n2)c(F)n1. The van der Waals surface area contributed by atoms with Crippen LogP contribution in [0.1, 0.15) is 43.5 Å². The highest BCUT2D eigenvalue weighted by Crippen LogP contribution is 2.46. The zero-order valence-corrected chi connectivity index (χ0v) is 24.7. The summed E-state index contributed by atoms with van der Waals surface area (Å²) in [5.74, 6) is -3.73. The molecule has 6 aromatic rings. The second kappa shape index (κ2) is 12.3. The van der Waals surface area contributed by atoms with Crippen LogP contribution in [0.25, 0.3) is 44.8 Å². The summed E-state index contributed by atoms with van der Waals surface area (Å²) in [5.41, 5.74) is 4.84. The first kappa shape index (κ1) is 29.5. The summed E-state index contributed by atoms with van der Waals surface area (Å²) in [4.78, 5) is 16.9. The highest BCUT2D eigenvalue weighted by atomic mass is 19.1. The van der Waals surface area contributed by atoms with E-state index in [0.29, 0.717) is 35.6 Å². The average Bonchev–Trinajstić information content (AvgIpc) is 3.09. The molecule has 4 heterocycles. The lowest BCUT2D eigenvalue weighted by Gasteiger charge is -2.37. The van der Waals surface area contributed by atoms with Gasteiger partial charge in [-0.25, -0.2) is 0 Å². The molecular formula is C38H28F4N4. The van der Waals surface area contributed by atoms with Crippen molar-refractivity contribution in [2.24, 2.45) is 0 Å². The van der Waals surface area contributed by atoms with Gasteiger partial charge in [-0.2, -0.15) is 27.5 Å². The number of hydrogen-bond donors (Lipinski definition) is 0. The topological polar surface area (TPSA) is 51.6 Å². The minimum Gasteiger partial charge on any atom is -0.252 e. The van der Waals surface area contributed by atoms with Crippen LogP contribution >= 0.6 is 0 Å². The molecule has 1 aliphatic carbocycles. The summed E-state index contributed by atoms with van der Waals surface area (Å²) >= 11 is 0. The van der Waals surface area contributed by atoms with Crippen LogP contribution in [0.4, 0.5) is 17.6 Å². The molecule has 0 atom stereocenters. The van der Waals surface area contributed by atoms with Crippen LogP contribution in [0, 0.1) is 23.8 Å². The van der Waals surface area contributed by atoms with Crippen molar-refractivity contribution in [3.63, 3.8) is 0 Å². The van der Waals surface area contributed by atoms with Gasteiger partial charge in [0.25, 0.3) is 0 Å². The minimum atomic E-state index is -0.952. The average molecular weight is 617 g/mol. The maximum Gasteiger partial charge on any atom is 0.224 e. The predicted molar refractivity (Wildman–Crippen MR) is 170 cm³/mol. The zero-order chi connectivity index (χ0) is 31.7. The number of nitrogens with zero attached hydrogens (tertiary/aromatic N) is 4. The Kier molecular flexibility index (Phi) is 7.86. The molecule has 0 bridgehead atoms. The Morgan fingerprint density at radius 2 is 0.870 bits per heavy atom. The van der Waals surface area contributed by atoms with Crippen molar-refractivity contribution in [1.29, 1.82) is 0 Å². The van der Waals surface area contributed by atoms with E-state index in [4.69, 9.17) is 9.97 Å². The van der Waals surface area contributed by atoms with Gasteiger partial charge in [-0.05, 0) is 83.6 Å². The van der Waals surface area contributed by atoms with E-state index in [1.54, 1.807) is 12.1 Å². The van der Waals surface area contributed by atoms with Gasteiger partial charge < -0.3 is 0 Å². The molecule has 228 valence electrons. The first-order valence-electron chi connectivity index (χ1n) is 15.2. The Bertz CT molecular complexity index is 1890. The van der Waals surface area contributed by atoms with Gasteiger partial charge in [0.15, 0.2) is 0 Å². The highest BCUT2D eigenvalue weighted by Gasteiger charge is 2.40. The van der Waals surface area contributed by atoms with Crippen LogP contribution in [0.2, 0.25) is 0 Å². The number of pyridine rings is 4. The van der Waals surface area contributed by atoms with E-state index in [1.807, 2.05) is 72.8 Å². The van der Waals surface area contributed by atoms with E-state index in [2.05, 4.69) is 9.97 Å². The molecule has 0 aliphatic heterocycles. The molecule has 1 fully saturated rings. The van der Waals surface area contributed by atoms with Gasteiger partial charge in [-0.1, -0.05) is 79.9 Å².